The average molecular weight is 236 g/mol. The van der Waals surface area contributed by atoms with Crippen molar-refractivity contribution in [3.63, 3.8) is 0 Å². The van der Waals surface area contributed by atoms with Gasteiger partial charge in [0, 0.05) is 6.54 Å². The highest BCUT2D eigenvalue weighted by atomic mass is 16.5. The predicted octanol–water partition coefficient (Wildman–Crippen LogP) is 2.20. The Bertz CT molecular complexity index is 423. The van der Waals surface area contributed by atoms with Crippen LogP contribution < -0.4 is 0 Å². The van der Waals surface area contributed by atoms with Crippen molar-refractivity contribution in [3.05, 3.63) is 17.0 Å². The highest BCUT2D eigenvalue weighted by molar-refractivity contribution is 5.92. The minimum absolute atomic E-state index is 0.209. The number of nitrogens with zero attached hydrogens (tertiary/aromatic N) is 2. The van der Waals surface area contributed by atoms with Crippen LogP contribution in [0.1, 0.15) is 48.9 Å². The van der Waals surface area contributed by atoms with Crippen LogP contribution in [-0.4, -0.2) is 22.4 Å². The van der Waals surface area contributed by atoms with Gasteiger partial charge in [-0.05, 0) is 32.1 Å². The number of fused-ring (bicyclic) bond motifs is 1. The van der Waals surface area contributed by atoms with Crippen molar-refractivity contribution < 1.29 is 9.53 Å². The summed E-state index contributed by atoms with van der Waals surface area (Å²) >= 11 is 0. The fourth-order valence-corrected chi connectivity index (χ4v) is 2.41. The summed E-state index contributed by atoms with van der Waals surface area (Å²) in [6.07, 6.45) is 2.85. The number of aromatic nitrogens is 2. The van der Waals surface area contributed by atoms with Crippen molar-refractivity contribution in [1.82, 2.24) is 9.78 Å². The van der Waals surface area contributed by atoms with Gasteiger partial charge in [-0.25, -0.2) is 4.79 Å². The Morgan fingerprint density at radius 3 is 2.94 bits per heavy atom. The van der Waals surface area contributed by atoms with E-state index in [1.807, 2.05) is 18.5 Å². The third-order valence-electron chi connectivity index (χ3n) is 3.32. The zero-order chi connectivity index (χ0) is 12.4. The molecule has 0 aliphatic carbocycles. The number of rotatable bonds is 3. The van der Waals surface area contributed by atoms with Crippen molar-refractivity contribution in [3.8, 4) is 0 Å². The minimum atomic E-state index is -0.209. The lowest BCUT2D eigenvalue weighted by atomic mass is 9.95. The first kappa shape index (κ1) is 12.1. The van der Waals surface area contributed by atoms with Crippen LogP contribution in [-0.2, 0) is 24.1 Å². The molecule has 0 unspecified atom stereocenters. The first-order valence-corrected chi connectivity index (χ1v) is 6.43. The fourth-order valence-electron chi connectivity index (χ4n) is 2.41. The van der Waals surface area contributed by atoms with Gasteiger partial charge in [-0.15, -0.1) is 0 Å². The van der Waals surface area contributed by atoms with Gasteiger partial charge in [0.2, 0.25) is 0 Å². The van der Waals surface area contributed by atoms with E-state index in [-0.39, 0.29) is 5.97 Å². The quantitative estimate of drug-likeness (QED) is 0.756. The summed E-state index contributed by atoms with van der Waals surface area (Å²) in [5.74, 6) is 0.414. The second kappa shape index (κ2) is 4.90. The number of carbonyl (C=O) groups is 1. The van der Waals surface area contributed by atoms with E-state index in [1.54, 1.807) is 0 Å². The van der Waals surface area contributed by atoms with Gasteiger partial charge in [-0.3, -0.25) is 4.68 Å². The molecule has 0 saturated carbocycles. The van der Waals surface area contributed by atoms with Crippen molar-refractivity contribution >= 4 is 5.97 Å². The first-order valence-electron chi connectivity index (χ1n) is 6.43. The summed E-state index contributed by atoms with van der Waals surface area (Å²) in [6.45, 7) is 7.42. The molecule has 0 bridgehead atoms. The van der Waals surface area contributed by atoms with Crippen LogP contribution in [0, 0.1) is 5.92 Å². The molecule has 0 saturated heterocycles. The average Bonchev–Trinajstić information content (AvgIpc) is 2.66. The number of aryl methyl sites for hydroxylation is 2. The molecular weight excluding hydrogens is 216 g/mol. The standard InChI is InChI=1S/C13H20N2O2/c1-4-10-12(13(16)17-5-2)11-8-9(3)6-7-15(11)14-10/h9H,4-8H2,1-3H3/t9-/m1/s1. The molecule has 1 aromatic heterocycles. The summed E-state index contributed by atoms with van der Waals surface area (Å²) in [5, 5.41) is 4.52. The van der Waals surface area contributed by atoms with E-state index in [0.717, 1.165) is 42.8 Å². The van der Waals surface area contributed by atoms with E-state index >= 15 is 0 Å². The summed E-state index contributed by atoms with van der Waals surface area (Å²) < 4.78 is 7.13. The smallest absolute Gasteiger partial charge is 0.341 e. The molecule has 1 atom stereocenters. The Hall–Kier alpha value is -1.32. The summed E-state index contributed by atoms with van der Waals surface area (Å²) in [5.41, 5.74) is 2.67. The fraction of sp³-hybridized carbons (Fsp3) is 0.692. The molecule has 0 aromatic carbocycles. The Labute approximate surface area is 102 Å². The van der Waals surface area contributed by atoms with Gasteiger partial charge in [0.1, 0.15) is 5.56 Å². The van der Waals surface area contributed by atoms with E-state index in [9.17, 15) is 4.79 Å². The maximum absolute atomic E-state index is 12.0. The molecule has 0 spiro atoms. The summed E-state index contributed by atoms with van der Waals surface area (Å²) in [4.78, 5) is 12.0. The Balaban J connectivity index is 2.41. The number of ether oxygens (including phenoxy) is 1. The lowest BCUT2D eigenvalue weighted by Gasteiger charge is -2.20. The molecule has 2 rings (SSSR count). The van der Waals surface area contributed by atoms with Crippen molar-refractivity contribution in [2.75, 3.05) is 6.61 Å². The second-order valence-electron chi connectivity index (χ2n) is 4.66. The second-order valence-corrected chi connectivity index (χ2v) is 4.66. The zero-order valence-corrected chi connectivity index (χ0v) is 10.8. The van der Waals surface area contributed by atoms with Crippen molar-refractivity contribution in [1.29, 1.82) is 0 Å². The van der Waals surface area contributed by atoms with Crippen LogP contribution in [0.25, 0.3) is 0 Å². The van der Waals surface area contributed by atoms with Gasteiger partial charge in [0.05, 0.1) is 18.0 Å². The third kappa shape index (κ3) is 2.21. The minimum Gasteiger partial charge on any atom is -0.462 e. The van der Waals surface area contributed by atoms with Crippen LogP contribution in [0.15, 0.2) is 0 Å². The largest absolute Gasteiger partial charge is 0.462 e. The van der Waals surface area contributed by atoms with Crippen LogP contribution in [0.2, 0.25) is 0 Å². The Kier molecular flexibility index (Phi) is 3.50. The van der Waals surface area contributed by atoms with Crippen LogP contribution in [0.5, 0.6) is 0 Å². The zero-order valence-electron chi connectivity index (χ0n) is 10.8. The molecule has 4 nitrogen and oxygen atoms in total. The monoisotopic (exact) mass is 236 g/mol. The summed E-state index contributed by atoms with van der Waals surface area (Å²) in [7, 11) is 0. The molecule has 0 N–H and O–H groups in total. The van der Waals surface area contributed by atoms with E-state index in [1.165, 1.54) is 0 Å². The van der Waals surface area contributed by atoms with Gasteiger partial charge >= 0.3 is 5.97 Å². The molecule has 1 aromatic rings. The first-order chi connectivity index (χ1) is 8.17. The molecule has 94 valence electrons. The van der Waals surface area contributed by atoms with Gasteiger partial charge in [0.15, 0.2) is 0 Å². The molecule has 0 fully saturated rings. The molecule has 0 radical (unpaired) electrons. The van der Waals surface area contributed by atoms with E-state index in [4.69, 9.17) is 4.74 Å². The molecule has 17 heavy (non-hydrogen) atoms. The molecular formula is C13H20N2O2. The number of esters is 1. The summed E-state index contributed by atoms with van der Waals surface area (Å²) in [6, 6.07) is 0. The Morgan fingerprint density at radius 2 is 2.29 bits per heavy atom. The van der Waals surface area contributed by atoms with Gasteiger partial charge < -0.3 is 4.74 Å². The van der Waals surface area contributed by atoms with Crippen molar-refractivity contribution in [2.24, 2.45) is 5.92 Å². The number of carbonyl (C=O) groups excluding carboxylic acids is 1. The lowest BCUT2D eigenvalue weighted by molar-refractivity contribution is 0.0523. The predicted molar refractivity (Wildman–Crippen MR) is 65.0 cm³/mol. The topological polar surface area (TPSA) is 44.1 Å². The molecule has 1 aliphatic heterocycles. The van der Waals surface area contributed by atoms with Gasteiger partial charge in [-0.1, -0.05) is 13.8 Å². The molecule has 1 aliphatic rings. The molecule has 0 amide bonds. The highest BCUT2D eigenvalue weighted by Crippen LogP contribution is 2.26. The van der Waals surface area contributed by atoms with E-state index in [0.29, 0.717) is 12.5 Å². The van der Waals surface area contributed by atoms with Gasteiger partial charge in [-0.2, -0.15) is 5.10 Å². The van der Waals surface area contributed by atoms with Crippen LogP contribution in [0.4, 0.5) is 0 Å². The Morgan fingerprint density at radius 1 is 1.53 bits per heavy atom. The maximum Gasteiger partial charge on any atom is 0.341 e. The molecule has 4 heteroatoms. The highest BCUT2D eigenvalue weighted by Gasteiger charge is 2.27. The normalized spacial score (nSPS) is 18.9. The van der Waals surface area contributed by atoms with Crippen LogP contribution >= 0.6 is 0 Å². The number of hydrogen-bond acceptors (Lipinski definition) is 3. The SMILES string of the molecule is CCOC(=O)c1c(CC)nn2c1C[C@H](C)CC2. The van der Waals surface area contributed by atoms with Crippen molar-refractivity contribution in [2.45, 2.75) is 46.6 Å². The van der Waals surface area contributed by atoms with E-state index in [2.05, 4.69) is 12.0 Å². The van der Waals surface area contributed by atoms with Crippen LogP contribution in [0.3, 0.4) is 0 Å². The lowest BCUT2D eigenvalue weighted by Crippen LogP contribution is -2.20. The van der Waals surface area contributed by atoms with Gasteiger partial charge in [0.25, 0.3) is 0 Å². The molecule has 2 heterocycles. The van der Waals surface area contributed by atoms with E-state index < -0.39 is 0 Å². The maximum atomic E-state index is 12.0. The number of hydrogen-bond donors (Lipinski definition) is 0. The third-order valence-corrected chi connectivity index (χ3v) is 3.32.